The van der Waals surface area contributed by atoms with Crippen molar-refractivity contribution in [3.8, 4) is 0 Å². The molecule has 1 aliphatic carbocycles. The SMILES string of the molecule is O=C(O)c1ccc(CN(CC(F)(F)F)C2CC2)c(F)c1. The Kier molecular flexibility index (Phi) is 3.99. The minimum absolute atomic E-state index is 0.0751. The van der Waals surface area contributed by atoms with Gasteiger partial charge in [0.15, 0.2) is 0 Å². The zero-order chi connectivity index (χ0) is 14.9. The highest BCUT2D eigenvalue weighted by Gasteiger charge is 2.38. The maximum absolute atomic E-state index is 13.7. The van der Waals surface area contributed by atoms with E-state index in [2.05, 4.69) is 0 Å². The van der Waals surface area contributed by atoms with Gasteiger partial charge in [-0.25, -0.2) is 9.18 Å². The number of carboxylic acid groups (broad SMARTS) is 1. The van der Waals surface area contributed by atoms with Crippen LogP contribution in [0.3, 0.4) is 0 Å². The van der Waals surface area contributed by atoms with E-state index in [-0.39, 0.29) is 23.7 Å². The van der Waals surface area contributed by atoms with Crippen molar-refractivity contribution in [2.75, 3.05) is 6.54 Å². The zero-order valence-electron chi connectivity index (χ0n) is 10.5. The molecule has 20 heavy (non-hydrogen) atoms. The molecule has 2 rings (SSSR count). The number of alkyl halides is 3. The van der Waals surface area contributed by atoms with Gasteiger partial charge in [0.25, 0.3) is 0 Å². The van der Waals surface area contributed by atoms with Crippen molar-refractivity contribution in [3.05, 3.63) is 35.1 Å². The van der Waals surface area contributed by atoms with E-state index < -0.39 is 24.5 Å². The molecule has 0 atom stereocenters. The number of benzene rings is 1. The van der Waals surface area contributed by atoms with Crippen molar-refractivity contribution in [1.29, 1.82) is 0 Å². The van der Waals surface area contributed by atoms with Crippen molar-refractivity contribution >= 4 is 5.97 Å². The van der Waals surface area contributed by atoms with Gasteiger partial charge in [0.1, 0.15) is 5.82 Å². The van der Waals surface area contributed by atoms with Gasteiger partial charge in [-0.2, -0.15) is 13.2 Å². The highest BCUT2D eigenvalue weighted by Crippen LogP contribution is 2.31. The maximum Gasteiger partial charge on any atom is 0.401 e. The van der Waals surface area contributed by atoms with E-state index in [1.807, 2.05) is 0 Å². The first-order valence-electron chi connectivity index (χ1n) is 6.09. The van der Waals surface area contributed by atoms with Gasteiger partial charge < -0.3 is 5.11 Å². The van der Waals surface area contributed by atoms with Crippen LogP contribution in [-0.2, 0) is 6.54 Å². The molecule has 1 fully saturated rings. The van der Waals surface area contributed by atoms with E-state index in [1.165, 1.54) is 17.0 Å². The van der Waals surface area contributed by atoms with Gasteiger partial charge in [-0.15, -0.1) is 0 Å². The summed E-state index contributed by atoms with van der Waals surface area (Å²) in [4.78, 5) is 11.8. The molecule has 0 spiro atoms. The van der Waals surface area contributed by atoms with Crippen molar-refractivity contribution in [1.82, 2.24) is 4.90 Å². The van der Waals surface area contributed by atoms with E-state index in [0.717, 1.165) is 6.07 Å². The second-order valence-electron chi connectivity index (χ2n) is 4.86. The summed E-state index contributed by atoms with van der Waals surface area (Å²) >= 11 is 0. The van der Waals surface area contributed by atoms with Crippen LogP contribution in [0.15, 0.2) is 18.2 Å². The van der Waals surface area contributed by atoms with Crippen molar-refractivity contribution in [3.63, 3.8) is 0 Å². The molecule has 1 saturated carbocycles. The Hall–Kier alpha value is -1.63. The molecule has 7 heteroatoms. The van der Waals surface area contributed by atoms with Crippen LogP contribution in [0.25, 0.3) is 0 Å². The summed E-state index contributed by atoms with van der Waals surface area (Å²) < 4.78 is 51.1. The molecule has 1 N–H and O–H groups in total. The number of carboxylic acids is 1. The van der Waals surface area contributed by atoms with Crippen LogP contribution in [0, 0.1) is 5.82 Å². The predicted octanol–water partition coefficient (Wildman–Crippen LogP) is 3.05. The summed E-state index contributed by atoms with van der Waals surface area (Å²) in [6.07, 6.45) is -2.99. The monoisotopic (exact) mass is 291 g/mol. The molecule has 0 amide bonds. The number of nitrogens with zero attached hydrogens (tertiary/aromatic N) is 1. The third-order valence-electron chi connectivity index (χ3n) is 3.12. The Morgan fingerprint density at radius 3 is 2.45 bits per heavy atom. The molecule has 0 bridgehead atoms. The fourth-order valence-electron chi connectivity index (χ4n) is 2.01. The minimum Gasteiger partial charge on any atom is -0.478 e. The summed E-state index contributed by atoms with van der Waals surface area (Å²) in [5.41, 5.74) is -0.147. The average Bonchev–Trinajstić information content (AvgIpc) is 3.12. The number of hydrogen-bond donors (Lipinski definition) is 1. The second kappa shape index (κ2) is 5.40. The highest BCUT2D eigenvalue weighted by atomic mass is 19.4. The number of hydrogen-bond acceptors (Lipinski definition) is 2. The van der Waals surface area contributed by atoms with Crippen LogP contribution in [-0.4, -0.2) is 34.7 Å². The summed E-state index contributed by atoms with van der Waals surface area (Å²) in [5, 5.41) is 8.71. The Morgan fingerprint density at radius 2 is 2.00 bits per heavy atom. The molecule has 0 saturated heterocycles. The standard InChI is InChI=1S/C13H13F4NO2/c14-11-5-8(12(19)20)1-2-9(11)6-18(10-3-4-10)7-13(15,16)17/h1-2,5,10H,3-4,6-7H2,(H,19,20). The number of halogens is 4. The van der Waals surface area contributed by atoms with E-state index in [0.29, 0.717) is 12.8 Å². The Balaban J connectivity index is 2.12. The molecule has 3 nitrogen and oxygen atoms in total. The van der Waals surface area contributed by atoms with Gasteiger partial charge >= 0.3 is 12.1 Å². The zero-order valence-corrected chi connectivity index (χ0v) is 10.5. The van der Waals surface area contributed by atoms with Gasteiger partial charge in [0.05, 0.1) is 12.1 Å². The van der Waals surface area contributed by atoms with Crippen LogP contribution in [0.5, 0.6) is 0 Å². The van der Waals surface area contributed by atoms with Gasteiger partial charge in [-0.3, -0.25) is 4.90 Å². The molecule has 1 aliphatic rings. The summed E-state index contributed by atoms with van der Waals surface area (Å²) in [7, 11) is 0. The molecule has 0 heterocycles. The molecule has 1 aromatic rings. The third kappa shape index (κ3) is 3.93. The van der Waals surface area contributed by atoms with E-state index in [4.69, 9.17) is 5.11 Å². The summed E-state index contributed by atoms with van der Waals surface area (Å²) in [6, 6.07) is 3.08. The van der Waals surface area contributed by atoms with Crippen LogP contribution in [0.4, 0.5) is 17.6 Å². The lowest BCUT2D eigenvalue weighted by atomic mass is 10.1. The van der Waals surface area contributed by atoms with Crippen molar-refractivity contribution in [2.45, 2.75) is 31.6 Å². The fourth-order valence-corrected chi connectivity index (χ4v) is 2.01. The smallest absolute Gasteiger partial charge is 0.401 e. The van der Waals surface area contributed by atoms with E-state index in [1.54, 1.807) is 0 Å². The van der Waals surface area contributed by atoms with Crippen LogP contribution >= 0.6 is 0 Å². The molecular weight excluding hydrogens is 278 g/mol. The molecule has 1 aromatic carbocycles. The normalized spacial score (nSPS) is 15.7. The van der Waals surface area contributed by atoms with Crippen LogP contribution < -0.4 is 0 Å². The van der Waals surface area contributed by atoms with Gasteiger partial charge in [0.2, 0.25) is 0 Å². The van der Waals surface area contributed by atoms with Gasteiger partial charge in [-0.05, 0) is 25.0 Å². The molecule has 0 aliphatic heterocycles. The average molecular weight is 291 g/mol. The molecule has 0 radical (unpaired) electrons. The quantitative estimate of drug-likeness (QED) is 0.848. The Morgan fingerprint density at radius 1 is 1.35 bits per heavy atom. The topological polar surface area (TPSA) is 40.5 Å². The molecule has 110 valence electrons. The predicted molar refractivity (Wildman–Crippen MR) is 62.8 cm³/mol. The molecular formula is C13H13F4NO2. The van der Waals surface area contributed by atoms with E-state index in [9.17, 15) is 22.4 Å². The van der Waals surface area contributed by atoms with Gasteiger partial charge in [0, 0.05) is 18.2 Å². The highest BCUT2D eigenvalue weighted by molar-refractivity contribution is 5.87. The molecule has 0 unspecified atom stereocenters. The Labute approximate surface area is 112 Å². The maximum atomic E-state index is 13.7. The second-order valence-corrected chi connectivity index (χ2v) is 4.86. The largest absolute Gasteiger partial charge is 0.478 e. The van der Waals surface area contributed by atoms with Crippen LogP contribution in [0.1, 0.15) is 28.8 Å². The number of rotatable bonds is 5. The molecule has 0 aromatic heterocycles. The lowest BCUT2D eigenvalue weighted by Crippen LogP contribution is -2.35. The van der Waals surface area contributed by atoms with Crippen LogP contribution in [0.2, 0.25) is 0 Å². The summed E-state index contributed by atoms with van der Waals surface area (Å²) in [6.45, 7) is -1.26. The first kappa shape index (κ1) is 14.8. The first-order chi connectivity index (χ1) is 9.26. The fraction of sp³-hybridized carbons (Fsp3) is 0.462. The first-order valence-corrected chi connectivity index (χ1v) is 6.09. The third-order valence-corrected chi connectivity index (χ3v) is 3.12. The van der Waals surface area contributed by atoms with Gasteiger partial charge in [-0.1, -0.05) is 6.07 Å². The van der Waals surface area contributed by atoms with Crippen molar-refractivity contribution in [2.24, 2.45) is 0 Å². The van der Waals surface area contributed by atoms with Crippen molar-refractivity contribution < 1.29 is 27.5 Å². The lowest BCUT2D eigenvalue weighted by molar-refractivity contribution is -0.148. The number of aromatic carboxylic acids is 1. The minimum atomic E-state index is -4.33. The Bertz CT molecular complexity index is 512. The number of carbonyl (C=O) groups is 1. The summed E-state index contributed by atoms with van der Waals surface area (Å²) in [5.74, 6) is -2.07. The van der Waals surface area contributed by atoms with E-state index >= 15 is 0 Å². The lowest BCUT2D eigenvalue weighted by Gasteiger charge is -2.23.